The van der Waals surface area contributed by atoms with Crippen molar-refractivity contribution in [1.82, 2.24) is 0 Å². The van der Waals surface area contributed by atoms with E-state index in [0.717, 1.165) is 5.56 Å². The average molecular weight is 362 g/mol. The third kappa shape index (κ3) is 4.58. The van der Waals surface area contributed by atoms with E-state index in [2.05, 4.69) is 10.0 Å². The Kier molecular flexibility index (Phi) is 5.81. The van der Waals surface area contributed by atoms with E-state index in [0.29, 0.717) is 29.1 Å². The standard InChI is InChI=1S/C18H22N2O4S/c1-12-9-16(19-14(3)21)10-13(2)18(12)25(22,23)20-17-8-6-5-7-15(17)11-24-4/h5-10,20H,11H2,1-4H3,(H,19,21). The Balaban J connectivity index is 2.42. The molecule has 134 valence electrons. The number of amides is 1. The van der Waals surface area contributed by atoms with Crippen LogP contribution in [-0.4, -0.2) is 21.4 Å². The predicted molar refractivity (Wildman–Crippen MR) is 98.2 cm³/mol. The summed E-state index contributed by atoms with van der Waals surface area (Å²) in [6, 6.07) is 10.4. The first-order valence-corrected chi connectivity index (χ1v) is 9.21. The monoisotopic (exact) mass is 362 g/mol. The van der Waals surface area contributed by atoms with Crippen LogP contribution < -0.4 is 10.0 Å². The maximum absolute atomic E-state index is 12.9. The molecule has 2 aromatic rings. The number of rotatable bonds is 6. The Morgan fingerprint density at radius 3 is 2.28 bits per heavy atom. The molecule has 0 aliphatic heterocycles. The summed E-state index contributed by atoms with van der Waals surface area (Å²) >= 11 is 0. The lowest BCUT2D eigenvalue weighted by molar-refractivity contribution is -0.114. The molecular weight excluding hydrogens is 340 g/mol. The van der Waals surface area contributed by atoms with E-state index in [1.54, 1.807) is 51.3 Å². The lowest BCUT2D eigenvalue weighted by atomic mass is 10.1. The van der Waals surface area contributed by atoms with Gasteiger partial charge in [0.05, 0.1) is 17.2 Å². The Morgan fingerprint density at radius 1 is 1.12 bits per heavy atom. The van der Waals surface area contributed by atoms with Crippen LogP contribution in [0.1, 0.15) is 23.6 Å². The number of sulfonamides is 1. The minimum atomic E-state index is -3.78. The first-order valence-electron chi connectivity index (χ1n) is 7.73. The fourth-order valence-corrected chi connectivity index (χ4v) is 4.30. The topological polar surface area (TPSA) is 84.5 Å². The van der Waals surface area contributed by atoms with Gasteiger partial charge in [-0.15, -0.1) is 0 Å². The second-order valence-corrected chi connectivity index (χ2v) is 7.44. The van der Waals surface area contributed by atoms with Crippen LogP contribution in [0.3, 0.4) is 0 Å². The smallest absolute Gasteiger partial charge is 0.262 e. The SMILES string of the molecule is COCc1ccccc1NS(=O)(=O)c1c(C)cc(NC(C)=O)cc1C. The van der Waals surface area contributed by atoms with Crippen molar-refractivity contribution in [3.63, 3.8) is 0 Å². The Morgan fingerprint density at radius 2 is 1.72 bits per heavy atom. The number of benzene rings is 2. The van der Waals surface area contributed by atoms with Crippen molar-refractivity contribution in [2.45, 2.75) is 32.3 Å². The summed E-state index contributed by atoms with van der Waals surface area (Å²) in [6.45, 7) is 5.11. The van der Waals surface area contributed by atoms with Crippen molar-refractivity contribution in [2.75, 3.05) is 17.1 Å². The van der Waals surface area contributed by atoms with E-state index < -0.39 is 10.0 Å². The van der Waals surface area contributed by atoms with Crippen LogP contribution in [0.5, 0.6) is 0 Å². The molecule has 0 saturated carbocycles. The van der Waals surface area contributed by atoms with Crippen LogP contribution >= 0.6 is 0 Å². The quantitative estimate of drug-likeness (QED) is 0.826. The highest BCUT2D eigenvalue weighted by molar-refractivity contribution is 7.92. The normalized spacial score (nSPS) is 11.2. The van der Waals surface area contributed by atoms with Crippen molar-refractivity contribution >= 4 is 27.3 Å². The fraction of sp³-hybridized carbons (Fsp3) is 0.278. The summed E-state index contributed by atoms with van der Waals surface area (Å²) in [4.78, 5) is 11.4. The highest BCUT2D eigenvalue weighted by Crippen LogP contribution is 2.27. The van der Waals surface area contributed by atoms with Gasteiger partial charge >= 0.3 is 0 Å². The van der Waals surface area contributed by atoms with Gasteiger partial charge in [-0.2, -0.15) is 0 Å². The molecule has 7 heteroatoms. The third-order valence-corrected chi connectivity index (χ3v) is 5.28. The van der Waals surface area contributed by atoms with Gasteiger partial charge in [0.25, 0.3) is 10.0 Å². The van der Waals surface area contributed by atoms with Crippen LogP contribution in [0.25, 0.3) is 0 Å². The largest absolute Gasteiger partial charge is 0.380 e. The lowest BCUT2D eigenvalue weighted by Gasteiger charge is -2.16. The number of methoxy groups -OCH3 is 1. The van der Waals surface area contributed by atoms with Crippen molar-refractivity contribution in [3.8, 4) is 0 Å². The molecule has 0 unspecified atom stereocenters. The molecule has 2 N–H and O–H groups in total. The molecule has 6 nitrogen and oxygen atoms in total. The average Bonchev–Trinajstić information content (AvgIpc) is 2.47. The molecule has 0 aromatic heterocycles. The Labute approximate surface area is 148 Å². The molecule has 0 fully saturated rings. The zero-order chi connectivity index (χ0) is 18.6. The first-order chi connectivity index (χ1) is 11.7. The molecule has 0 heterocycles. The van der Waals surface area contributed by atoms with Crippen molar-refractivity contribution in [3.05, 3.63) is 53.1 Å². The maximum atomic E-state index is 12.9. The van der Waals surface area contributed by atoms with E-state index in [4.69, 9.17) is 4.74 Å². The van der Waals surface area contributed by atoms with E-state index in [1.807, 2.05) is 6.07 Å². The molecular formula is C18H22N2O4S. The number of hydrogen-bond acceptors (Lipinski definition) is 4. The minimum Gasteiger partial charge on any atom is -0.380 e. The minimum absolute atomic E-state index is 0.203. The Hall–Kier alpha value is -2.38. The summed E-state index contributed by atoms with van der Waals surface area (Å²) in [5, 5.41) is 2.67. The number of ether oxygens (including phenoxy) is 1. The van der Waals surface area contributed by atoms with E-state index in [-0.39, 0.29) is 10.8 Å². The molecule has 1 amide bonds. The summed E-state index contributed by atoms with van der Waals surface area (Å²) in [5.74, 6) is -0.207. The molecule has 2 aromatic carbocycles. The van der Waals surface area contributed by atoms with Gasteiger partial charge in [0.15, 0.2) is 0 Å². The Bertz CT molecular complexity index is 869. The molecule has 0 saturated heterocycles. The molecule has 0 spiro atoms. The first kappa shape index (κ1) is 19.0. The van der Waals surface area contributed by atoms with E-state index in [9.17, 15) is 13.2 Å². The number of carbonyl (C=O) groups excluding carboxylic acids is 1. The zero-order valence-corrected chi connectivity index (χ0v) is 15.5. The number of nitrogens with one attached hydrogen (secondary N) is 2. The van der Waals surface area contributed by atoms with Crippen molar-refractivity contribution in [2.24, 2.45) is 0 Å². The summed E-state index contributed by atoms with van der Waals surface area (Å²) in [5.41, 5.74) is 2.91. The summed E-state index contributed by atoms with van der Waals surface area (Å²) in [6.07, 6.45) is 0. The van der Waals surface area contributed by atoms with E-state index in [1.165, 1.54) is 6.92 Å². The van der Waals surface area contributed by atoms with E-state index >= 15 is 0 Å². The van der Waals surface area contributed by atoms with Crippen LogP contribution in [0.15, 0.2) is 41.3 Å². The van der Waals surface area contributed by atoms with Gasteiger partial charge < -0.3 is 10.1 Å². The predicted octanol–water partition coefficient (Wildman–Crippen LogP) is 3.21. The fourth-order valence-electron chi connectivity index (χ4n) is 2.75. The number of hydrogen-bond donors (Lipinski definition) is 2. The summed E-state index contributed by atoms with van der Waals surface area (Å²) in [7, 11) is -2.22. The lowest BCUT2D eigenvalue weighted by Crippen LogP contribution is -2.17. The van der Waals surface area contributed by atoms with Gasteiger partial charge in [0.1, 0.15) is 0 Å². The second-order valence-electron chi connectivity index (χ2n) is 5.82. The molecule has 0 bridgehead atoms. The maximum Gasteiger partial charge on any atom is 0.262 e. The third-order valence-electron chi connectivity index (χ3n) is 3.61. The number of para-hydroxylation sites is 1. The van der Waals surface area contributed by atoms with Gasteiger partial charge in [-0.05, 0) is 43.2 Å². The number of carbonyl (C=O) groups is 1. The van der Waals surface area contributed by atoms with Crippen molar-refractivity contribution in [1.29, 1.82) is 0 Å². The van der Waals surface area contributed by atoms with Gasteiger partial charge in [-0.3, -0.25) is 9.52 Å². The van der Waals surface area contributed by atoms with Gasteiger partial charge in [0, 0.05) is 25.3 Å². The van der Waals surface area contributed by atoms with Gasteiger partial charge in [-0.1, -0.05) is 18.2 Å². The van der Waals surface area contributed by atoms with Crippen LogP contribution in [0, 0.1) is 13.8 Å². The molecule has 25 heavy (non-hydrogen) atoms. The molecule has 0 aliphatic carbocycles. The highest BCUT2D eigenvalue weighted by atomic mass is 32.2. The molecule has 0 aliphatic rings. The second kappa shape index (κ2) is 7.67. The molecule has 0 radical (unpaired) electrons. The molecule has 2 rings (SSSR count). The molecule has 0 atom stereocenters. The van der Waals surface area contributed by atoms with Crippen LogP contribution in [0.2, 0.25) is 0 Å². The van der Waals surface area contributed by atoms with Crippen LogP contribution in [0.4, 0.5) is 11.4 Å². The zero-order valence-electron chi connectivity index (χ0n) is 14.7. The van der Waals surface area contributed by atoms with Crippen molar-refractivity contribution < 1.29 is 17.9 Å². The van der Waals surface area contributed by atoms with Crippen LogP contribution in [-0.2, 0) is 26.2 Å². The van der Waals surface area contributed by atoms with Gasteiger partial charge in [-0.25, -0.2) is 8.42 Å². The number of anilines is 2. The number of aryl methyl sites for hydroxylation is 2. The highest BCUT2D eigenvalue weighted by Gasteiger charge is 2.21. The van der Waals surface area contributed by atoms with Gasteiger partial charge in [0.2, 0.25) is 5.91 Å². The summed E-state index contributed by atoms with van der Waals surface area (Å²) < 4.78 is 33.5.